The maximum Gasteiger partial charge on any atom is 0.162 e. The average molecular weight is 359 g/mol. The Morgan fingerprint density at radius 2 is 1.90 bits per heavy atom. The van der Waals surface area contributed by atoms with E-state index < -0.39 is 0 Å². The predicted octanol–water partition coefficient (Wildman–Crippen LogP) is 4.02. The molecule has 2 aliphatic rings. The zero-order valence-electron chi connectivity index (χ0n) is 11.4. The highest BCUT2D eigenvalue weighted by molar-refractivity contribution is 9.10. The molecular weight excluding hydrogens is 340 g/mol. The molecule has 0 N–H and O–H groups in total. The van der Waals surface area contributed by atoms with E-state index >= 15 is 0 Å². The summed E-state index contributed by atoms with van der Waals surface area (Å²) in [6.45, 7) is 2.20. The fraction of sp³-hybridized carbons (Fsp3) is 0.600. The molecule has 0 saturated carbocycles. The number of thioether (sulfide) groups is 1. The molecule has 3 nitrogen and oxygen atoms in total. The molecule has 1 aromatic rings. The van der Waals surface area contributed by atoms with Gasteiger partial charge in [0.15, 0.2) is 11.5 Å². The topological polar surface area (TPSA) is 27.7 Å². The minimum Gasteiger partial charge on any atom is -0.486 e. The molecule has 1 fully saturated rings. The first-order valence-corrected chi connectivity index (χ1v) is 9.05. The van der Waals surface area contributed by atoms with Gasteiger partial charge in [0.05, 0.1) is 6.10 Å². The van der Waals surface area contributed by atoms with Crippen molar-refractivity contribution in [3.63, 3.8) is 0 Å². The van der Waals surface area contributed by atoms with E-state index in [0.717, 1.165) is 34.1 Å². The third-order valence-corrected chi connectivity index (χ3v) is 5.41. The van der Waals surface area contributed by atoms with Gasteiger partial charge in [0.2, 0.25) is 0 Å². The van der Waals surface area contributed by atoms with Gasteiger partial charge in [-0.05, 0) is 37.0 Å². The third kappa shape index (κ3) is 3.62. The van der Waals surface area contributed by atoms with Crippen molar-refractivity contribution in [1.29, 1.82) is 0 Å². The second-order valence-electron chi connectivity index (χ2n) is 5.09. The number of hydrogen-bond acceptors (Lipinski definition) is 4. The van der Waals surface area contributed by atoms with Gasteiger partial charge < -0.3 is 14.2 Å². The van der Waals surface area contributed by atoms with Crippen LogP contribution in [-0.4, -0.2) is 31.7 Å². The molecule has 3 rings (SSSR count). The van der Waals surface area contributed by atoms with Crippen LogP contribution in [0.2, 0.25) is 0 Å². The summed E-state index contributed by atoms with van der Waals surface area (Å²) < 4.78 is 18.1. The van der Waals surface area contributed by atoms with Crippen LogP contribution in [0.1, 0.15) is 24.8 Å². The number of hydrogen-bond donors (Lipinski definition) is 0. The summed E-state index contributed by atoms with van der Waals surface area (Å²) in [5, 5.41) is 0. The van der Waals surface area contributed by atoms with Crippen molar-refractivity contribution < 1.29 is 14.2 Å². The van der Waals surface area contributed by atoms with Gasteiger partial charge in [-0.15, -0.1) is 0 Å². The Morgan fingerprint density at radius 3 is 2.65 bits per heavy atom. The van der Waals surface area contributed by atoms with Crippen LogP contribution in [0.4, 0.5) is 0 Å². The van der Waals surface area contributed by atoms with Crippen molar-refractivity contribution in [3.8, 4) is 11.5 Å². The van der Waals surface area contributed by atoms with E-state index in [1.54, 1.807) is 0 Å². The Bertz CT molecular complexity index is 461. The van der Waals surface area contributed by atoms with Crippen LogP contribution in [-0.2, 0) is 10.5 Å². The largest absolute Gasteiger partial charge is 0.486 e. The zero-order chi connectivity index (χ0) is 13.8. The smallest absolute Gasteiger partial charge is 0.162 e. The van der Waals surface area contributed by atoms with Gasteiger partial charge in [-0.1, -0.05) is 15.9 Å². The Balaban J connectivity index is 1.56. The average Bonchev–Trinajstić information content (AvgIpc) is 2.49. The summed E-state index contributed by atoms with van der Waals surface area (Å²) in [6.07, 6.45) is 4.16. The molecule has 1 aromatic carbocycles. The van der Waals surface area contributed by atoms with Crippen LogP contribution in [0.5, 0.6) is 11.5 Å². The van der Waals surface area contributed by atoms with Gasteiger partial charge in [-0.2, -0.15) is 11.8 Å². The van der Waals surface area contributed by atoms with Crippen molar-refractivity contribution in [2.24, 2.45) is 0 Å². The first kappa shape index (κ1) is 14.5. The van der Waals surface area contributed by atoms with E-state index in [0.29, 0.717) is 19.3 Å². The molecule has 0 bridgehead atoms. The molecule has 2 aliphatic heterocycles. The van der Waals surface area contributed by atoms with Gasteiger partial charge >= 0.3 is 0 Å². The van der Waals surface area contributed by atoms with E-state index in [1.807, 2.05) is 17.8 Å². The number of halogens is 1. The molecule has 110 valence electrons. The highest BCUT2D eigenvalue weighted by Crippen LogP contribution is 2.37. The molecule has 0 aliphatic carbocycles. The normalized spacial score (nSPS) is 21.8. The lowest BCUT2D eigenvalue weighted by atomic mass is 10.1. The highest BCUT2D eigenvalue weighted by Gasteiger charge is 2.16. The van der Waals surface area contributed by atoms with Crippen molar-refractivity contribution in [1.82, 2.24) is 0 Å². The molecular formula is C15H19BrO3S. The van der Waals surface area contributed by atoms with Crippen LogP contribution in [0, 0.1) is 0 Å². The lowest BCUT2D eigenvalue weighted by Gasteiger charge is -2.22. The van der Waals surface area contributed by atoms with Gasteiger partial charge in [-0.25, -0.2) is 0 Å². The fourth-order valence-electron chi connectivity index (χ4n) is 2.46. The zero-order valence-corrected chi connectivity index (χ0v) is 13.8. The molecule has 1 saturated heterocycles. The van der Waals surface area contributed by atoms with Gasteiger partial charge in [0, 0.05) is 22.6 Å². The van der Waals surface area contributed by atoms with E-state index in [9.17, 15) is 0 Å². The highest BCUT2D eigenvalue weighted by atomic mass is 79.9. The summed E-state index contributed by atoms with van der Waals surface area (Å²) >= 11 is 5.55. The maximum absolute atomic E-state index is 5.76. The first-order valence-electron chi connectivity index (χ1n) is 7.10. The number of rotatable bonds is 4. The van der Waals surface area contributed by atoms with Crippen molar-refractivity contribution >= 4 is 27.7 Å². The molecule has 0 amide bonds. The molecule has 0 aromatic heterocycles. The Morgan fingerprint density at radius 1 is 1.10 bits per heavy atom. The lowest BCUT2D eigenvalue weighted by molar-refractivity contribution is 0.0315. The van der Waals surface area contributed by atoms with Crippen LogP contribution in [0.3, 0.4) is 0 Å². The predicted molar refractivity (Wildman–Crippen MR) is 84.9 cm³/mol. The Labute approximate surface area is 132 Å². The maximum atomic E-state index is 5.76. The molecule has 1 atom stereocenters. The standard InChI is InChI=1S/C15H19BrO3S/c16-13-8-15-14(18-5-6-19-15)7-11(13)9-20-10-12-3-1-2-4-17-12/h7-8,12H,1-6,9-10H2. The van der Waals surface area contributed by atoms with Crippen LogP contribution < -0.4 is 9.47 Å². The van der Waals surface area contributed by atoms with Gasteiger partial charge in [-0.3, -0.25) is 0 Å². The monoisotopic (exact) mass is 358 g/mol. The molecule has 0 spiro atoms. The summed E-state index contributed by atoms with van der Waals surface area (Å²) in [7, 11) is 0. The molecule has 20 heavy (non-hydrogen) atoms. The quantitative estimate of drug-likeness (QED) is 0.812. The number of benzene rings is 1. The fourth-order valence-corrected chi connectivity index (χ4v) is 4.21. The van der Waals surface area contributed by atoms with Gasteiger partial charge in [0.1, 0.15) is 13.2 Å². The minimum atomic E-state index is 0.435. The van der Waals surface area contributed by atoms with Crippen molar-refractivity contribution in [3.05, 3.63) is 22.2 Å². The van der Waals surface area contributed by atoms with E-state index in [2.05, 4.69) is 22.0 Å². The Kier molecular flexibility index (Phi) is 5.13. The van der Waals surface area contributed by atoms with E-state index in [-0.39, 0.29) is 0 Å². The summed E-state index contributed by atoms with van der Waals surface area (Å²) in [5.41, 5.74) is 1.26. The Hall–Kier alpha value is -0.390. The molecule has 5 heteroatoms. The van der Waals surface area contributed by atoms with Crippen LogP contribution in [0.15, 0.2) is 16.6 Å². The van der Waals surface area contributed by atoms with Crippen LogP contribution >= 0.6 is 27.7 Å². The summed E-state index contributed by atoms with van der Waals surface area (Å²) in [6, 6.07) is 4.11. The second kappa shape index (κ2) is 7.05. The molecule has 0 radical (unpaired) electrons. The van der Waals surface area contributed by atoms with Crippen LogP contribution in [0.25, 0.3) is 0 Å². The molecule has 1 unspecified atom stereocenters. The minimum absolute atomic E-state index is 0.435. The third-order valence-electron chi connectivity index (χ3n) is 3.55. The van der Waals surface area contributed by atoms with Crippen molar-refractivity contribution in [2.75, 3.05) is 25.6 Å². The summed E-state index contributed by atoms with van der Waals surface area (Å²) in [5.74, 6) is 3.74. The SMILES string of the molecule is Brc1cc2c(cc1CSCC1CCCCO1)OCCO2. The second-order valence-corrected chi connectivity index (χ2v) is 6.98. The van der Waals surface area contributed by atoms with E-state index in [4.69, 9.17) is 14.2 Å². The lowest BCUT2D eigenvalue weighted by Crippen LogP contribution is -2.21. The number of fused-ring (bicyclic) bond motifs is 1. The molecule has 2 heterocycles. The van der Waals surface area contributed by atoms with E-state index in [1.165, 1.54) is 24.8 Å². The first-order chi connectivity index (χ1) is 9.83. The number of ether oxygens (including phenoxy) is 3. The van der Waals surface area contributed by atoms with Crippen molar-refractivity contribution in [2.45, 2.75) is 31.1 Å². The van der Waals surface area contributed by atoms with Gasteiger partial charge in [0.25, 0.3) is 0 Å². The summed E-state index contributed by atoms with van der Waals surface area (Å²) in [4.78, 5) is 0.